The molecule has 5 nitrogen and oxygen atoms in total. The van der Waals surface area contributed by atoms with Gasteiger partial charge in [0, 0.05) is 13.3 Å². The van der Waals surface area contributed by atoms with Crippen molar-refractivity contribution in [2.75, 3.05) is 6.54 Å². The summed E-state index contributed by atoms with van der Waals surface area (Å²) in [4.78, 5) is 15.7. The molecule has 0 radical (unpaired) electrons. The molecule has 5 heteroatoms. The smallest absolute Gasteiger partial charge is 0.360 e. The summed E-state index contributed by atoms with van der Waals surface area (Å²) in [7, 11) is 0. The van der Waals surface area contributed by atoms with E-state index < -0.39 is 5.97 Å². The summed E-state index contributed by atoms with van der Waals surface area (Å²) in [6.07, 6.45) is 31.2. The first-order valence-electron chi connectivity index (χ1n) is 13.8. The first-order valence-corrected chi connectivity index (χ1v) is 13.8. The average molecular weight is 463 g/mol. The van der Waals surface area contributed by atoms with Crippen LogP contribution in [0.3, 0.4) is 0 Å². The first-order chi connectivity index (χ1) is 16.0. The van der Waals surface area contributed by atoms with Gasteiger partial charge < -0.3 is 5.11 Å². The molecule has 0 fully saturated rings. The largest absolute Gasteiger partial charge is 0.477 e. The lowest BCUT2D eigenvalue weighted by molar-refractivity contribution is -0.805. The number of allylic oxidation sites excluding steroid dienone is 2. The molecule has 0 aliphatic carbocycles. The van der Waals surface area contributed by atoms with Crippen LogP contribution in [0.1, 0.15) is 129 Å². The molecule has 0 aromatic rings. The van der Waals surface area contributed by atoms with E-state index in [-0.39, 0.29) is 17.2 Å². The summed E-state index contributed by atoms with van der Waals surface area (Å²) in [6, 6.07) is 0. The second-order valence-corrected chi connectivity index (χ2v) is 9.81. The number of nitrogens with zero attached hydrogens (tertiary/aromatic N) is 2. The van der Waals surface area contributed by atoms with Crippen molar-refractivity contribution in [3.8, 4) is 0 Å². The number of quaternary nitrogens is 1. The standard InChI is InChI=1S/C28H51N3O2/c1-3-4-5-6-7-8-9-10-11-12-13-14-15-16-17-18-19-20-21-22-27-30-23-24-31(27,26(2)29)25-28(32)33/h14-15,23-24,26H,3-13,16-22,25,29H2,1-2H3/p+1/b15-14+. The molecule has 3 N–H and O–H groups in total. The highest BCUT2D eigenvalue weighted by Crippen LogP contribution is 2.23. The van der Waals surface area contributed by atoms with Crippen LogP contribution in [0.5, 0.6) is 0 Å². The third-order valence-electron chi connectivity index (χ3n) is 6.82. The molecule has 0 amide bonds. The minimum atomic E-state index is -0.840. The van der Waals surface area contributed by atoms with E-state index in [0.717, 1.165) is 25.1 Å². The Labute approximate surface area is 203 Å². The van der Waals surface area contributed by atoms with Crippen LogP contribution in [0.15, 0.2) is 29.5 Å². The molecule has 33 heavy (non-hydrogen) atoms. The van der Waals surface area contributed by atoms with E-state index in [9.17, 15) is 9.90 Å². The van der Waals surface area contributed by atoms with Gasteiger partial charge >= 0.3 is 5.97 Å². The summed E-state index contributed by atoms with van der Waals surface area (Å²) < 4.78 is 0.166. The van der Waals surface area contributed by atoms with Crippen molar-refractivity contribution >= 4 is 11.8 Å². The molecule has 1 rings (SSSR count). The number of aliphatic imine (C=N–C) groups is 1. The first kappa shape index (κ1) is 29.6. The van der Waals surface area contributed by atoms with Gasteiger partial charge in [0.1, 0.15) is 12.4 Å². The lowest BCUT2D eigenvalue weighted by Gasteiger charge is -2.34. The fraction of sp³-hybridized carbons (Fsp3) is 0.786. The molecule has 0 bridgehead atoms. The van der Waals surface area contributed by atoms with Crippen molar-refractivity contribution in [1.29, 1.82) is 0 Å². The van der Waals surface area contributed by atoms with Crippen LogP contribution < -0.4 is 5.73 Å². The lowest BCUT2D eigenvalue weighted by atomic mass is 10.1. The van der Waals surface area contributed by atoms with E-state index in [4.69, 9.17) is 5.73 Å². The lowest BCUT2D eigenvalue weighted by Crippen LogP contribution is -2.59. The molecule has 2 atom stereocenters. The van der Waals surface area contributed by atoms with Crippen molar-refractivity contribution in [3.05, 3.63) is 24.6 Å². The van der Waals surface area contributed by atoms with E-state index in [1.807, 2.05) is 13.1 Å². The van der Waals surface area contributed by atoms with Crippen molar-refractivity contribution in [1.82, 2.24) is 0 Å². The third kappa shape index (κ3) is 13.1. The number of hydrogen-bond donors (Lipinski definition) is 2. The molecule has 0 aromatic heterocycles. The molecule has 0 aromatic carbocycles. The van der Waals surface area contributed by atoms with Crippen LogP contribution >= 0.6 is 0 Å². The van der Waals surface area contributed by atoms with Gasteiger partial charge in [-0.3, -0.25) is 5.73 Å². The van der Waals surface area contributed by atoms with Gasteiger partial charge in [-0.1, -0.05) is 96.1 Å². The zero-order valence-electron chi connectivity index (χ0n) is 21.6. The van der Waals surface area contributed by atoms with Crippen LogP contribution in [0.4, 0.5) is 0 Å². The molecule has 0 spiro atoms. The van der Waals surface area contributed by atoms with Crippen LogP contribution in [0.25, 0.3) is 0 Å². The van der Waals surface area contributed by atoms with Gasteiger partial charge in [-0.05, 0) is 32.1 Å². The third-order valence-corrected chi connectivity index (χ3v) is 6.82. The highest BCUT2D eigenvalue weighted by atomic mass is 16.4. The number of amidine groups is 1. The molecular weight excluding hydrogens is 410 g/mol. The zero-order chi connectivity index (χ0) is 24.2. The normalized spacial score (nSPS) is 18.8. The van der Waals surface area contributed by atoms with Crippen LogP contribution in [-0.2, 0) is 4.79 Å². The number of nitrogens with two attached hydrogens (primary N) is 1. The maximum absolute atomic E-state index is 11.3. The van der Waals surface area contributed by atoms with E-state index in [1.165, 1.54) is 96.3 Å². The maximum Gasteiger partial charge on any atom is 0.360 e. The van der Waals surface area contributed by atoms with Crippen LogP contribution in [0.2, 0.25) is 0 Å². The molecule has 1 heterocycles. The summed E-state index contributed by atoms with van der Waals surface area (Å²) in [5, 5.41) is 9.27. The minimum absolute atomic E-state index is 0.0293. The molecule has 2 unspecified atom stereocenters. The second-order valence-electron chi connectivity index (χ2n) is 9.81. The molecule has 1 aliphatic heterocycles. The number of carboxylic acid groups (broad SMARTS) is 1. The molecule has 0 saturated carbocycles. The summed E-state index contributed by atoms with van der Waals surface area (Å²) in [5.41, 5.74) is 6.12. The van der Waals surface area contributed by atoms with E-state index in [1.54, 1.807) is 6.20 Å². The van der Waals surface area contributed by atoms with E-state index >= 15 is 0 Å². The summed E-state index contributed by atoms with van der Waals surface area (Å²) in [5.74, 6) is 0.0510. The number of unbranched alkanes of at least 4 members (excludes halogenated alkanes) is 15. The van der Waals surface area contributed by atoms with Gasteiger partial charge in [-0.15, -0.1) is 0 Å². The Kier molecular flexibility index (Phi) is 16.9. The second kappa shape index (κ2) is 18.9. The van der Waals surface area contributed by atoms with Gasteiger partial charge in [0.15, 0.2) is 6.54 Å². The molecular formula is C28H52N3O2+. The Hall–Kier alpha value is -1.46. The number of carbonyl (C=O) groups is 1. The van der Waals surface area contributed by atoms with E-state index in [2.05, 4.69) is 24.1 Å². The Morgan fingerprint density at radius 1 is 0.909 bits per heavy atom. The zero-order valence-corrected chi connectivity index (χ0v) is 21.6. The quantitative estimate of drug-likeness (QED) is 0.0984. The predicted octanol–water partition coefficient (Wildman–Crippen LogP) is 7.67. The van der Waals surface area contributed by atoms with Gasteiger partial charge in [0.2, 0.25) is 5.84 Å². The van der Waals surface area contributed by atoms with Gasteiger partial charge in [0.05, 0.1) is 6.20 Å². The highest BCUT2D eigenvalue weighted by molar-refractivity contribution is 5.81. The Morgan fingerprint density at radius 3 is 1.88 bits per heavy atom. The number of aliphatic carboxylic acids is 1. The fourth-order valence-corrected chi connectivity index (χ4v) is 4.65. The van der Waals surface area contributed by atoms with Crippen LogP contribution in [-0.4, -0.2) is 34.1 Å². The highest BCUT2D eigenvalue weighted by Gasteiger charge is 2.40. The maximum atomic E-state index is 11.3. The topological polar surface area (TPSA) is 75.7 Å². The van der Waals surface area contributed by atoms with Gasteiger partial charge in [0.25, 0.3) is 0 Å². The number of hydrogen-bond acceptors (Lipinski definition) is 3. The van der Waals surface area contributed by atoms with Crippen molar-refractivity contribution in [3.63, 3.8) is 0 Å². The Bertz CT molecular complexity index is 598. The van der Waals surface area contributed by atoms with Crippen molar-refractivity contribution < 1.29 is 14.4 Å². The van der Waals surface area contributed by atoms with Crippen molar-refractivity contribution in [2.45, 2.75) is 136 Å². The van der Waals surface area contributed by atoms with Crippen molar-refractivity contribution in [2.24, 2.45) is 10.7 Å². The summed E-state index contributed by atoms with van der Waals surface area (Å²) in [6.45, 7) is 4.11. The predicted molar refractivity (Wildman–Crippen MR) is 141 cm³/mol. The SMILES string of the molecule is CCCCCCCCCCCC/C=C/CCCCCCCC1=NC=C[N+]1(CC(=O)O)C(C)N. The number of rotatable bonds is 22. The molecule has 190 valence electrons. The van der Waals surface area contributed by atoms with Gasteiger partial charge in [-0.2, -0.15) is 0 Å². The fourth-order valence-electron chi connectivity index (χ4n) is 4.65. The number of carboxylic acids is 1. The average Bonchev–Trinajstić information content (AvgIpc) is 3.18. The molecule has 0 saturated heterocycles. The monoisotopic (exact) mass is 462 g/mol. The van der Waals surface area contributed by atoms with E-state index in [0.29, 0.717) is 0 Å². The minimum Gasteiger partial charge on any atom is -0.477 e. The van der Waals surface area contributed by atoms with Gasteiger partial charge in [-0.25, -0.2) is 14.3 Å². The van der Waals surface area contributed by atoms with Crippen LogP contribution in [0, 0.1) is 0 Å². The molecule has 1 aliphatic rings. The summed E-state index contributed by atoms with van der Waals surface area (Å²) >= 11 is 0. The Morgan fingerprint density at radius 2 is 1.39 bits per heavy atom. The Balaban J connectivity index is 1.95.